The van der Waals surface area contributed by atoms with Gasteiger partial charge in [-0.15, -0.1) is 0 Å². The first-order chi connectivity index (χ1) is 6.89. The lowest BCUT2D eigenvalue weighted by Crippen LogP contribution is -2.22. The van der Waals surface area contributed by atoms with Gasteiger partial charge < -0.3 is 4.74 Å². The van der Waals surface area contributed by atoms with Gasteiger partial charge in [0.2, 0.25) is 10.0 Å². The van der Waals surface area contributed by atoms with Gasteiger partial charge in [-0.2, -0.15) is 0 Å². The summed E-state index contributed by atoms with van der Waals surface area (Å²) in [6.45, 7) is 0. The average molecular weight is 294 g/mol. The van der Waals surface area contributed by atoms with E-state index in [-0.39, 0.29) is 4.90 Å². The van der Waals surface area contributed by atoms with Crippen molar-refractivity contribution in [3.8, 4) is 5.75 Å². The third-order valence-corrected chi connectivity index (χ3v) is 4.21. The predicted molar refractivity (Wildman–Crippen MR) is 61.6 cm³/mol. The standard InChI is InChI=1S/C9H12BrNO3S/c1-11(2)15(12,13)9-6-7(10)4-5-8(9)14-3/h4-6H,1-3H3. The normalized spacial score (nSPS) is 11.8. The van der Waals surface area contributed by atoms with Crippen LogP contribution in [0.1, 0.15) is 0 Å². The molecule has 0 bridgehead atoms. The zero-order valence-electron chi connectivity index (χ0n) is 8.69. The second-order valence-electron chi connectivity index (χ2n) is 3.08. The number of methoxy groups -OCH3 is 1. The SMILES string of the molecule is COc1ccc(Br)cc1S(=O)(=O)N(C)C. The third kappa shape index (κ3) is 2.50. The zero-order valence-corrected chi connectivity index (χ0v) is 11.1. The molecular weight excluding hydrogens is 282 g/mol. The molecule has 0 aliphatic rings. The summed E-state index contributed by atoms with van der Waals surface area (Å²) in [5.74, 6) is 0.340. The Labute approximate surface area is 98.0 Å². The van der Waals surface area contributed by atoms with E-state index in [4.69, 9.17) is 4.74 Å². The molecule has 15 heavy (non-hydrogen) atoms. The molecule has 0 unspecified atom stereocenters. The van der Waals surface area contributed by atoms with Crippen LogP contribution in [0.5, 0.6) is 5.75 Å². The minimum atomic E-state index is -3.46. The van der Waals surface area contributed by atoms with Crippen LogP contribution in [0.2, 0.25) is 0 Å². The quantitative estimate of drug-likeness (QED) is 0.852. The maximum atomic E-state index is 11.9. The monoisotopic (exact) mass is 293 g/mol. The summed E-state index contributed by atoms with van der Waals surface area (Å²) in [7, 11) is 0.942. The first-order valence-corrected chi connectivity index (χ1v) is 6.39. The molecule has 0 saturated carbocycles. The number of sulfonamides is 1. The van der Waals surface area contributed by atoms with Crippen LogP contribution >= 0.6 is 15.9 Å². The van der Waals surface area contributed by atoms with E-state index in [0.717, 1.165) is 4.31 Å². The Morgan fingerprint density at radius 2 is 1.93 bits per heavy atom. The maximum Gasteiger partial charge on any atom is 0.246 e. The van der Waals surface area contributed by atoms with Crippen molar-refractivity contribution >= 4 is 26.0 Å². The topological polar surface area (TPSA) is 46.6 Å². The van der Waals surface area contributed by atoms with Gasteiger partial charge in [-0.3, -0.25) is 0 Å². The lowest BCUT2D eigenvalue weighted by Gasteiger charge is -2.14. The van der Waals surface area contributed by atoms with Crippen molar-refractivity contribution in [3.05, 3.63) is 22.7 Å². The molecule has 0 spiro atoms. The largest absolute Gasteiger partial charge is 0.495 e. The number of hydrogen-bond donors (Lipinski definition) is 0. The highest BCUT2D eigenvalue weighted by Crippen LogP contribution is 2.28. The van der Waals surface area contributed by atoms with Crippen LogP contribution in [0.25, 0.3) is 0 Å². The van der Waals surface area contributed by atoms with Crippen LogP contribution in [0, 0.1) is 0 Å². The summed E-state index contributed by atoms with van der Waals surface area (Å²) in [4.78, 5) is 0.157. The lowest BCUT2D eigenvalue weighted by molar-refractivity contribution is 0.400. The predicted octanol–water partition coefficient (Wildman–Crippen LogP) is 1.71. The Bertz CT molecular complexity index is 456. The van der Waals surface area contributed by atoms with Gasteiger partial charge in [-0.05, 0) is 18.2 Å². The van der Waals surface area contributed by atoms with Crippen molar-refractivity contribution in [2.45, 2.75) is 4.90 Å². The Morgan fingerprint density at radius 3 is 2.40 bits per heavy atom. The highest BCUT2D eigenvalue weighted by molar-refractivity contribution is 9.10. The molecule has 0 radical (unpaired) electrons. The van der Waals surface area contributed by atoms with Crippen molar-refractivity contribution in [3.63, 3.8) is 0 Å². The number of ether oxygens (including phenoxy) is 1. The zero-order chi connectivity index (χ0) is 11.6. The molecule has 84 valence electrons. The van der Waals surface area contributed by atoms with Gasteiger partial charge in [0.05, 0.1) is 7.11 Å². The van der Waals surface area contributed by atoms with E-state index in [1.165, 1.54) is 27.3 Å². The fraction of sp³-hybridized carbons (Fsp3) is 0.333. The van der Waals surface area contributed by atoms with Gasteiger partial charge in [0.25, 0.3) is 0 Å². The molecule has 4 nitrogen and oxygen atoms in total. The van der Waals surface area contributed by atoms with Crippen LogP contribution in [0.3, 0.4) is 0 Å². The molecule has 0 atom stereocenters. The molecule has 0 amide bonds. The number of nitrogens with zero attached hydrogens (tertiary/aromatic N) is 1. The molecule has 0 heterocycles. The molecule has 1 aromatic carbocycles. The van der Waals surface area contributed by atoms with Crippen LogP contribution in [-0.2, 0) is 10.0 Å². The van der Waals surface area contributed by atoms with E-state index < -0.39 is 10.0 Å². The van der Waals surface area contributed by atoms with E-state index in [9.17, 15) is 8.42 Å². The summed E-state index contributed by atoms with van der Waals surface area (Å²) in [6.07, 6.45) is 0. The van der Waals surface area contributed by atoms with E-state index in [1.807, 2.05) is 0 Å². The maximum absolute atomic E-state index is 11.9. The molecule has 0 fully saturated rings. The summed E-state index contributed by atoms with van der Waals surface area (Å²) >= 11 is 3.23. The van der Waals surface area contributed by atoms with Crippen molar-refractivity contribution in [2.75, 3.05) is 21.2 Å². The summed E-state index contributed by atoms with van der Waals surface area (Å²) < 4.78 is 30.6. The molecule has 0 saturated heterocycles. The molecular formula is C9H12BrNO3S. The Hall–Kier alpha value is -0.590. The lowest BCUT2D eigenvalue weighted by atomic mass is 10.3. The summed E-state index contributed by atoms with van der Waals surface area (Å²) in [5, 5.41) is 0. The Morgan fingerprint density at radius 1 is 1.33 bits per heavy atom. The first-order valence-electron chi connectivity index (χ1n) is 4.15. The molecule has 0 N–H and O–H groups in total. The van der Waals surface area contributed by atoms with Crippen LogP contribution in [0.15, 0.2) is 27.6 Å². The third-order valence-electron chi connectivity index (χ3n) is 1.88. The average Bonchev–Trinajstić information content (AvgIpc) is 2.17. The summed E-state index contributed by atoms with van der Waals surface area (Å²) in [6, 6.07) is 4.86. The number of rotatable bonds is 3. The highest BCUT2D eigenvalue weighted by Gasteiger charge is 2.22. The molecule has 0 aromatic heterocycles. The minimum absolute atomic E-state index is 0.157. The van der Waals surface area contributed by atoms with Gasteiger partial charge in [0.15, 0.2) is 0 Å². The fourth-order valence-corrected chi connectivity index (χ4v) is 2.64. The van der Waals surface area contributed by atoms with Gasteiger partial charge in [0.1, 0.15) is 10.6 Å². The van der Waals surface area contributed by atoms with E-state index in [0.29, 0.717) is 10.2 Å². The van der Waals surface area contributed by atoms with E-state index in [1.54, 1.807) is 12.1 Å². The first kappa shape index (κ1) is 12.5. The second kappa shape index (κ2) is 4.51. The van der Waals surface area contributed by atoms with E-state index in [2.05, 4.69) is 15.9 Å². The Balaban J connectivity index is 3.42. The van der Waals surface area contributed by atoms with Crippen LogP contribution in [-0.4, -0.2) is 33.9 Å². The van der Waals surface area contributed by atoms with Crippen molar-refractivity contribution in [1.29, 1.82) is 0 Å². The number of hydrogen-bond acceptors (Lipinski definition) is 3. The van der Waals surface area contributed by atoms with Crippen molar-refractivity contribution in [2.24, 2.45) is 0 Å². The second-order valence-corrected chi connectivity index (χ2v) is 6.12. The Kier molecular flexibility index (Phi) is 3.75. The number of benzene rings is 1. The van der Waals surface area contributed by atoms with Gasteiger partial charge >= 0.3 is 0 Å². The van der Waals surface area contributed by atoms with Crippen LogP contribution < -0.4 is 4.74 Å². The molecule has 6 heteroatoms. The number of halogens is 1. The van der Waals surface area contributed by atoms with Crippen molar-refractivity contribution in [1.82, 2.24) is 4.31 Å². The smallest absolute Gasteiger partial charge is 0.246 e. The van der Waals surface area contributed by atoms with Crippen molar-refractivity contribution < 1.29 is 13.2 Å². The molecule has 0 aliphatic carbocycles. The van der Waals surface area contributed by atoms with E-state index >= 15 is 0 Å². The molecule has 1 rings (SSSR count). The van der Waals surface area contributed by atoms with Gasteiger partial charge in [-0.25, -0.2) is 12.7 Å². The molecule has 0 aliphatic heterocycles. The fourth-order valence-electron chi connectivity index (χ4n) is 1.05. The highest BCUT2D eigenvalue weighted by atomic mass is 79.9. The minimum Gasteiger partial charge on any atom is -0.495 e. The van der Waals surface area contributed by atoms with Gasteiger partial charge in [-0.1, -0.05) is 15.9 Å². The summed E-state index contributed by atoms with van der Waals surface area (Å²) in [5.41, 5.74) is 0. The van der Waals surface area contributed by atoms with Crippen LogP contribution in [0.4, 0.5) is 0 Å². The molecule has 1 aromatic rings. The van der Waals surface area contributed by atoms with Gasteiger partial charge in [0, 0.05) is 18.6 Å².